The molecule has 5 nitrogen and oxygen atoms in total. The van der Waals surface area contributed by atoms with Crippen LogP contribution in [0.25, 0.3) is 0 Å². The van der Waals surface area contributed by atoms with Crippen molar-refractivity contribution in [3.05, 3.63) is 0 Å². The molecule has 3 atom stereocenters. The highest BCUT2D eigenvalue weighted by Crippen LogP contribution is 2.39. The summed E-state index contributed by atoms with van der Waals surface area (Å²) in [5.74, 6) is 0.682. The Hall–Kier alpha value is -0.200. The van der Waals surface area contributed by atoms with Gasteiger partial charge in [0.1, 0.15) is 0 Å². The highest BCUT2D eigenvalue weighted by molar-refractivity contribution is 4.91. The summed E-state index contributed by atoms with van der Waals surface area (Å²) >= 11 is 0. The van der Waals surface area contributed by atoms with Crippen molar-refractivity contribution in [3.63, 3.8) is 0 Å². The van der Waals surface area contributed by atoms with Crippen molar-refractivity contribution >= 4 is 0 Å². The molecule has 5 heteroatoms. The minimum absolute atomic E-state index is 0.544. The molecule has 0 amide bonds. The van der Waals surface area contributed by atoms with E-state index < -0.39 is 0 Å². The number of methoxy groups -OCH3 is 1. The summed E-state index contributed by atoms with van der Waals surface area (Å²) in [6.45, 7) is 4.66. The van der Waals surface area contributed by atoms with Crippen molar-refractivity contribution < 1.29 is 23.7 Å². The number of hydrogen-bond donors (Lipinski definition) is 0. The molecule has 1 saturated carbocycles. The lowest BCUT2D eigenvalue weighted by Crippen LogP contribution is -2.19. The minimum Gasteiger partial charge on any atom is -0.382 e. The summed E-state index contributed by atoms with van der Waals surface area (Å²) < 4.78 is 26.7. The Kier molecular flexibility index (Phi) is 7.09. The predicted octanol–water partition coefficient (Wildman–Crippen LogP) is 1.25. The maximum absolute atomic E-state index is 5.64. The van der Waals surface area contributed by atoms with Crippen molar-refractivity contribution in [1.82, 2.24) is 0 Å². The molecule has 0 aromatic heterocycles. The van der Waals surface area contributed by atoms with E-state index in [1.807, 2.05) is 0 Å². The van der Waals surface area contributed by atoms with Crippen molar-refractivity contribution in [3.8, 4) is 0 Å². The van der Waals surface area contributed by atoms with Crippen LogP contribution in [0.15, 0.2) is 0 Å². The Morgan fingerprint density at radius 1 is 0.842 bits per heavy atom. The van der Waals surface area contributed by atoms with Crippen molar-refractivity contribution in [2.45, 2.75) is 31.5 Å². The SMILES string of the molecule is COCCOCCOCCOCC1CCC2OC2C1. The molecule has 3 unspecified atom stereocenters. The fraction of sp³-hybridized carbons (Fsp3) is 1.00. The molecule has 112 valence electrons. The van der Waals surface area contributed by atoms with Crippen LogP contribution >= 0.6 is 0 Å². The summed E-state index contributed by atoms with van der Waals surface area (Å²) in [6, 6.07) is 0. The lowest BCUT2D eigenvalue weighted by Gasteiger charge is -2.18. The molecule has 1 aliphatic heterocycles. The number of epoxide rings is 1. The molecule has 0 N–H and O–H groups in total. The van der Waals surface area contributed by atoms with Gasteiger partial charge in [-0.15, -0.1) is 0 Å². The van der Waals surface area contributed by atoms with Crippen molar-refractivity contribution in [1.29, 1.82) is 0 Å². The Morgan fingerprint density at radius 2 is 1.53 bits per heavy atom. The maximum atomic E-state index is 5.64. The third-order valence-electron chi connectivity index (χ3n) is 3.64. The minimum atomic E-state index is 0.544. The van der Waals surface area contributed by atoms with E-state index in [0.29, 0.717) is 57.8 Å². The number of rotatable bonds is 11. The second kappa shape index (κ2) is 8.87. The first kappa shape index (κ1) is 15.2. The standard InChI is InChI=1S/C14H26O5/c1-15-4-5-16-6-7-17-8-9-18-11-12-2-3-13-14(10-12)19-13/h12-14H,2-11H2,1H3. The molecule has 0 spiro atoms. The van der Waals surface area contributed by atoms with E-state index in [4.69, 9.17) is 23.7 Å². The van der Waals surface area contributed by atoms with Crippen LogP contribution in [0.3, 0.4) is 0 Å². The molecule has 1 aliphatic carbocycles. The lowest BCUT2D eigenvalue weighted by molar-refractivity contribution is -0.00304. The Bertz CT molecular complexity index is 236. The van der Waals surface area contributed by atoms with E-state index in [9.17, 15) is 0 Å². The monoisotopic (exact) mass is 274 g/mol. The zero-order chi connectivity index (χ0) is 13.3. The van der Waals surface area contributed by atoms with Gasteiger partial charge in [-0.2, -0.15) is 0 Å². The van der Waals surface area contributed by atoms with Gasteiger partial charge in [0.15, 0.2) is 0 Å². The van der Waals surface area contributed by atoms with E-state index in [2.05, 4.69) is 0 Å². The fourth-order valence-electron chi connectivity index (χ4n) is 2.47. The Morgan fingerprint density at radius 3 is 2.21 bits per heavy atom. The van der Waals surface area contributed by atoms with Gasteiger partial charge in [-0.1, -0.05) is 0 Å². The molecule has 2 rings (SSSR count). The molecule has 2 aliphatic rings. The quantitative estimate of drug-likeness (QED) is 0.419. The van der Waals surface area contributed by atoms with Gasteiger partial charge in [0.2, 0.25) is 0 Å². The van der Waals surface area contributed by atoms with Gasteiger partial charge >= 0.3 is 0 Å². The van der Waals surface area contributed by atoms with Crippen LogP contribution in [0.5, 0.6) is 0 Å². The number of hydrogen-bond acceptors (Lipinski definition) is 5. The van der Waals surface area contributed by atoms with Crippen LogP contribution in [0.2, 0.25) is 0 Å². The van der Waals surface area contributed by atoms with Crippen LogP contribution in [0.4, 0.5) is 0 Å². The third-order valence-corrected chi connectivity index (χ3v) is 3.64. The Labute approximate surface area is 115 Å². The van der Waals surface area contributed by atoms with Crippen LogP contribution in [-0.2, 0) is 23.7 Å². The van der Waals surface area contributed by atoms with Gasteiger partial charge < -0.3 is 23.7 Å². The molecule has 0 bridgehead atoms. The molecule has 1 saturated heterocycles. The second-order valence-corrected chi connectivity index (χ2v) is 5.18. The first-order chi connectivity index (χ1) is 9.40. The molecule has 19 heavy (non-hydrogen) atoms. The number of ether oxygens (including phenoxy) is 5. The first-order valence-corrected chi connectivity index (χ1v) is 7.27. The van der Waals surface area contributed by atoms with Gasteiger partial charge in [0, 0.05) is 13.7 Å². The van der Waals surface area contributed by atoms with E-state index in [1.54, 1.807) is 7.11 Å². The molecular formula is C14H26O5. The Balaban J connectivity index is 1.31. The van der Waals surface area contributed by atoms with Crippen LogP contribution in [0.1, 0.15) is 19.3 Å². The van der Waals surface area contributed by atoms with E-state index in [-0.39, 0.29) is 0 Å². The predicted molar refractivity (Wildman–Crippen MR) is 70.3 cm³/mol. The molecule has 0 aromatic carbocycles. The highest BCUT2D eigenvalue weighted by atomic mass is 16.6. The van der Waals surface area contributed by atoms with Gasteiger partial charge in [0.05, 0.1) is 51.8 Å². The number of fused-ring (bicyclic) bond motifs is 1. The summed E-state index contributed by atoms with van der Waals surface area (Å²) in [5.41, 5.74) is 0. The van der Waals surface area contributed by atoms with E-state index in [0.717, 1.165) is 6.61 Å². The summed E-state index contributed by atoms with van der Waals surface area (Å²) in [6.07, 6.45) is 4.77. The summed E-state index contributed by atoms with van der Waals surface area (Å²) in [4.78, 5) is 0. The van der Waals surface area contributed by atoms with Gasteiger partial charge in [-0.3, -0.25) is 0 Å². The molecule has 0 aromatic rings. The van der Waals surface area contributed by atoms with Gasteiger partial charge in [-0.25, -0.2) is 0 Å². The topological polar surface area (TPSA) is 49.5 Å². The zero-order valence-corrected chi connectivity index (χ0v) is 11.8. The summed E-state index contributed by atoms with van der Waals surface area (Å²) in [5, 5.41) is 0. The van der Waals surface area contributed by atoms with Crippen LogP contribution in [0, 0.1) is 5.92 Å². The van der Waals surface area contributed by atoms with Crippen molar-refractivity contribution in [2.24, 2.45) is 5.92 Å². The van der Waals surface area contributed by atoms with Gasteiger partial charge in [0.25, 0.3) is 0 Å². The van der Waals surface area contributed by atoms with Crippen molar-refractivity contribution in [2.75, 3.05) is 53.4 Å². The second-order valence-electron chi connectivity index (χ2n) is 5.18. The van der Waals surface area contributed by atoms with Crippen LogP contribution in [-0.4, -0.2) is 65.6 Å². The highest BCUT2D eigenvalue weighted by Gasteiger charge is 2.43. The fourth-order valence-corrected chi connectivity index (χ4v) is 2.47. The average Bonchev–Trinajstić information content (AvgIpc) is 3.19. The normalized spacial score (nSPS) is 29.2. The smallest absolute Gasteiger partial charge is 0.0845 e. The zero-order valence-electron chi connectivity index (χ0n) is 11.8. The average molecular weight is 274 g/mol. The molecular weight excluding hydrogens is 248 g/mol. The lowest BCUT2D eigenvalue weighted by atomic mass is 9.90. The van der Waals surface area contributed by atoms with Gasteiger partial charge in [-0.05, 0) is 25.2 Å². The molecule has 0 radical (unpaired) electrons. The van der Waals surface area contributed by atoms with Crippen LogP contribution < -0.4 is 0 Å². The first-order valence-electron chi connectivity index (χ1n) is 7.27. The summed E-state index contributed by atoms with van der Waals surface area (Å²) in [7, 11) is 1.67. The maximum Gasteiger partial charge on any atom is 0.0845 e. The van der Waals surface area contributed by atoms with E-state index in [1.165, 1.54) is 19.3 Å². The molecule has 2 fully saturated rings. The van der Waals surface area contributed by atoms with E-state index >= 15 is 0 Å². The third kappa shape index (κ3) is 6.19. The largest absolute Gasteiger partial charge is 0.382 e. The molecule has 1 heterocycles.